The van der Waals surface area contributed by atoms with Gasteiger partial charge in [0, 0.05) is 25.4 Å². The van der Waals surface area contributed by atoms with Crippen molar-refractivity contribution >= 4 is 5.91 Å². The first-order valence-electron chi connectivity index (χ1n) is 6.56. The number of rotatable bonds is 3. The summed E-state index contributed by atoms with van der Waals surface area (Å²) in [5.41, 5.74) is 0.552. The van der Waals surface area contributed by atoms with E-state index in [1.54, 1.807) is 29.4 Å². The molecule has 0 radical (unpaired) electrons. The van der Waals surface area contributed by atoms with Crippen molar-refractivity contribution in [1.29, 1.82) is 0 Å². The second kappa shape index (κ2) is 5.82. The summed E-state index contributed by atoms with van der Waals surface area (Å²) in [6.45, 7) is 1.05. The van der Waals surface area contributed by atoms with Crippen LogP contribution in [0.3, 0.4) is 0 Å². The standard InChI is InChI=1S/C14H13FN4O2/c15-11-7-17-14(18-8-11)21-12-3-5-19(9-12)13(20)10-2-1-4-16-6-10/h1-2,4,6-8,12H,3,5,9H2/t12-/m1/s1. The average molecular weight is 288 g/mol. The van der Waals surface area contributed by atoms with Crippen LogP contribution in [0.4, 0.5) is 4.39 Å². The van der Waals surface area contributed by atoms with E-state index in [4.69, 9.17) is 4.74 Å². The number of carbonyl (C=O) groups excluding carboxylic acids is 1. The molecule has 0 unspecified atom stereocenters. The van der Waals surface area contributed by atoms with Gasteiger partial charge in [-0.25, -0.2) is 14.4 Å². The Kier molecular flexibility index (Phi) is 3.72. The third-order valence-electron chi connectivity index (χ3n) is 3.21. The van der Waals surface area contributed by atoms with Crippen LogP contribution in [0.5, 0.6) is 6.01 Å². The van der Waals surface area contributed by atoms with Crippen LogP contribution in [0, 0.1) is 5.82 Å². The number of carbonyl (C=O) groups is 1. The molecule has 3 heterocycles. The molecule has 21 heavy (non-hydrogen) atoms. The Labute approximate surface area is 120 Å². The topological polar surface area (TPSA) is 68.2 Å². The predicted octanol–water partition coefficient (Wildman–Crippen LogP) is 1.30. The zero-order valence-corrected chi connectivity index (χ0v) is 11.1. The minimum absolute atomic E-state index is 0.0748. The number of aromatic nitrogens is 3. The first-order chi connectivity index (χ1) is 10.2. The molecule has 1 atom stereocenters. The molecule has 6 nitrogen and oxygen atoms in total. The number of hydrogen-bond acceptors (Lipinski definition) is 5. The molecule has 2 aromatic rings. The molecule has 0 spiro atoms. The maximum atomic E-state index is 12.7. The fourth-order valence-electron chi connectivity index (χ4n) is 2.19. The Morgan fingerprint density at radius 2 is 2.14 bits per heavy atom. The number of pyridine rings is 1. The Balaban J connectivity index is 1.60. The third kappa shape index (κ3) is 3.13. The van der Waals surface area contributed by atoms with Crippen LogP contribution in [0.25, 0.3) is 0 Å². The lowest BCUT2D eigenvalue weighted by molar-refractivity contribution is 0.0769. The summed E-state index contributed by atoms with van der Waals surface area (Å²) < 4.78 is 18.3. The van der Waals surface area contributed by atoms with Crippen LogP contribution in [0.15, 0.2) is 36.9 Å². The van der Waals surface area contributed by atoms with Crippen molar-refractivity contribution in [3.05, 3.63) is 48.3 Å². The molecule has 0 saturated carbocycles. The molecule has 1 aliphatic heterocycles. The molecule has 108 valence electrons. The minimum atomic E-state index is -0.512. The highest BCUT2D eigenvalue weighted by atomic mass is 19.1. The van der Waals surface area contributed by atoms with Crippen LogP contribution in [-0.2, 0) is 0 Å². The van der Waals surface area contributed by atoms with Crippen LogP contribution < -0.4 is 4.74 Å². The van der Waals surface area contributed by atoms with Gasteiger partial charge in [0.2, 0.25) is 0 Å². The molecule has 0 aliphatic carbocycles. The number of nitrogens with zero attached hydrogens (tertiary/aromatic N) is 4. The Bertz CT molecular complexity index is 621. The van der Waals surface area contributed by atoms with Gasteiger partial charge < -0.3 is 9.64 Å². The van der Waals surface area contributed by atoms with Crippen molar-refractivity contribution < 1.29 is 13.9 Å². The molecule has 1 aliphatic rings. The SMILES string of the molecule is O=C(c1cccnc1)N1CC[C@@H](Oc2ncc(F)cn2)C1. The molecule has 7 heteroatoms. The van der Waals surface area contributed by atoms with Crippen molar-refractivity contribution in [3.8, 4) is 6.01 Å². The fourth-order valence-corrected chi connectivity index (χ4v) is 2.19. The Hall–Kier alpha value is -2.57. The van der Waals surface area contributed by atoms with Gasteiger partial charge in [0.25, 0.3) is 5.91 Å². The number of amides is 1. The smallest absolute Gasteiger partial charge is 0.316 e. The first kappa shape index (κ1) is 13.4. The van der Waals surface area contributed by atoms with Gasteiger partial charge >= 0.3 is 6.01 Å². The van der Waals surface area contributed by atoms with Gasteiger partial charge in [-0.3, -0.25) is 9.78 Å². The van der Waals surface area contributed by atoms with Crippen molar-refractivity contribution in [2.24, 2.45) is 0 Å². The fraction of sp³-hybridized carbons (Fsp3) is 0.286. The molecule has 0 aromatic carbocycles. The van der Waals surface area contributed by atoms with Gasteiger partial charge in [0.05, 0.1) is 24.5 Å². The van der Waals surface area contributed by atoms with Crippen LogP contribution in [-0.4, -0.2) is 45.0 Å². The predicted molar refractivity (Wildman–Crippen MR) is 71.2 cm³/mol. The van der Waals surface area contributed by atoms with Gasteiger partial charge in [-0.15, -0.1) is 0 Å². The van der Waals surface area contributed by atoms with E-state index in [0.717, 1.165) is 12.4 Å². The quantitative estimate of drug-likeness (QED) is 0.851. The molecule has 3 rings (SSSR count). The Morgan fingerprint density at radius 1 is 1.33 bits per heavy atom. The van der Waals surface area contributed by atoms with Gasteiger partial charge in [0.1, 0.15) is 6.10 Å². The second-order valence-electron chi connectivity index (χ2n) is 4.71. The van der Waals surface area contributed by atoms with E-state index in [-0.39, 0.29) is 18.0 Å². The maximum Gasteiger partial charge on any atom is 0.316 e. The van der Waals surface area contributed by atoms with Crippen molar-refractivity contribution in [2.75, 3.05) is 13.1 Å². The second-order valence-corrected chi connectivity index (χ2v) is 4.71. The Morgan fingerprint density at radius 3 is 2.86 bits per heavy atom. The van der Waals surface area contributed by atoms with Crippen LogP contribution in [0.1, 0.15) is 16.8 Å². The lowest BCUT2D eigenvalue weighted by Crippen LogP contribution is -2.31. The van der Waals surface area contributed by atoms with Crippen LogP contribution in [0.2, 0.25) is 0 Å². The number of halogens is 1. The zero-order valence-electron chi connectivity index (χ0n) is 11.1. The molecular formula is C14H13FN4O2. The molecule has 1 fully saturated rings. The summed E-state index contributed by atoms with van der Waals surface area (Å²) in [7, 11) is 0. The number of ether oxygens (including phenoxy) is 1. The zero-order chi connectivity index (χ0) is 14.7. The summed E-state index contributed by atoms with van der Waals surface area (Å²) in [4.78, 5) is 25.4. The van der Waals surface area contributed by atoms with E-state index in [0.29, 0.717) is 25.1 Å². The largest absolute Gasteiger partial charge is 0.458 e. The van der Waals surface area contributed by atoms with E-state index < -0.39 is 5.82 Å². The molecule has 0 bridgehead atoms. The molecular weight excluding hydrogens is 275 g/mol. The van der Waals surface area contributed by atoms with Crippen molar-refractivity contribution in [3.63, 3.8) is 0 Å². The third-order valence-corrected chi connectivity index (χ3v) is 3.21. The lowest BCUT2D eigenvalue weighted by atomic mass is 10.2. The molecule has 0 N–H and O–H groups in total. The summed E-state index contributed by atoms with van der Waals surface area (Å²) in [6.07, 6.45) is 5.77. The normalized spacial score (nSPS) is 17.8. The van der Waals surface area contributed by atoms with E-state index >= 15 is 0 Å². The summed E-state index contributed by atoms with van der Waals surface area (Å²) in [5.74, 6) is -0.587. The van der Waals surface area contributed by atoms with E-state index in [2.05, 4.69) is 15.0 Å². The summed E-state index contributed by atoms with van der Waals surface area (Å²) in [5, 5.41) is 0. The highest BCUT2D eigenvalue weighted by Crippen LogP contribution is 2.17. The van der Waals surface area contributed by atoms with Gasteiger partial charge in [-0.2, -0.15) is 0 Å². The number of hydrogen-bond donors (Lipinski definition) is 0. The number of likely N-dealkylation sites (tertiary alicyclic amines) is 1. The van der Waals surface area contributed by atoms with E-state index in [9.17, 15) is 9.18 Å². The minimum Gasteiger partial charge on any atom is -0.458 e. The molecule has 2 aromatic heterocycles. The first-order valence-corrected chi connectivity index (χ1v) is 6.56. The van der Waals surface area contributed by atoms with Crippen molar-refractivity contribution in [2.45, 2.75) is 12.5 Å². The lowest BCUT2D eigenvalue weighted by Gasteiger charge is -2.16. The van der Waals surface area contributed by atoms with Gasteiger partial charge in [0.15, 0.2) is 5.82 Å². The highest BCUT2D eigenvalue weighted by molar-refractivity contribution is 5.94. The van der Waals surface area contributed by atoms with E-state index in [1.807, 2.05) is 0 Å². The van der Waals surface area contributed by atoms with E-state index in [1.165, 1.54) is 0 Å². The summed E-state index contributed by atoms with van der Waals surface area (Å²) in [6, 6.07) is 3.58. The highest BCUT2D eigenvalue weighted by Gasteiger charge is 2.28. The molecule has 1 saturated heterocycles. The van der Waals surface area contributed by atoms with Gasteiger partial charge in [-0.1, -0.05) is 0 Å². The maximum absolute atomic E-state index is 12.7. The van der Waals surface area contributed by atoms with Gasteiger partial charge in [-0.05, 0) is 12.1 Å². The van der Waals surface area contributed by atoms with Crippen LogP contribution >= 0.6 is 0 Å². The summed E-state index contributed by atoms with van der Waals surface area (Å²) >= 11 is 0. The average Bonchev–Trinajstić information content (AvgIpc) is 2.98. The molecule has 1 amide bonds. The monoisotopic (exact) mass is 288 g/mol. The van der Waals surface area contributed by atoms with Crippen molar-refractivity contribution in [1.82, 2.24) is 19.9 Å².